The van der Waals surface area contributed by atoms with Gasteiger partial charge >= 0.3 is 0 Å². The van der Waals surface area contributed by atoms with Crippen molar-refractivity contribution in [3.8, 4) is 22.3 Å². The molecule has 1 nitrogen and oxygen atoms in total. The molecule has 0 aliphatic heterocycles. The van der Waals surface area contributed by atoms with Gasteiger partial charge in [-0.25, -0.2) is 0 Å². The van der Waals surface area contributed by atoms with Crippen LogP contribution in [0.4, 0.5) is 0 Å². The minimum absolute atomic E-state index is 1.19. The Balaban J connectivity index is 1.51. The number of hydrogen-bond acceptors (Lipinski definition) is 1. The summed E-state index contributed by atoms with van der Waals surface area (Å²) in [5.74, 6) is 0. The molecule has 0 amide bonds. The smallest absolute Gasteiger partial charge is 0.0485 e. The zero-order chi connectivity index (χ0) is 23.6. The Bertz CT molecular complexity index is 2070. The first kappa shape index (κ1) is 19.9. The van der Waals surface area contributed by atoms with Gasteiger partial charge in [0.25, 0.3) is 0 Å². The van der Waals surface area contributed by atoms with E-state index in [0.29, 0.717) is 0 Å². The first-order chi connectivity index (χ1) is 17.8. The minimum Gasteiger partial charge on any atom is -0.354 e. The molecule has 0 atom stereocenters. The van der Waals surface area contributed by atoms with Gasteiger partial charge < -0.3 is 4.98 Å². The summed E-state index contributed by atoms with van der Waals surface area (Å²) < 4.78 is 2.70. The SMILES string of the molecule is c1ccc(-c2ccc(-c3cc4[nH]c5ccccc5c4c4sc5ccc6ccccc6c5c34)cc2)cc1. The van der Waals surface area contributed by atoms with Gasteiger partial charge in [0.05, 0.1) is 0 Å². The van der Waals surface area contributed by atoms with Gasteiger partial charge in [-0.3, -0.25) is 0 Å². The zero-order valence-electron chi connectivity index (χ0n) is 19.5. The molecular weight excluding hydrogens is 454 g/mol. The van der Waals surface area contributed by atoms with E-state index in [1.807, 2.05) is 11.3 Å². The summed E-state index contributed by atoms with van der Waals surface area (Å²) >= 11 is 1.91. The van der Waals surface area contributed by atoms with Crippen molar-refractivity contribution < 1.29 is 0 Å². The summed E-state index contributed by atoms with van der Waals surface area (Å²) in [6.45, 7) is 0. The molecule has 2 aromatic heterocycles. The molecule has 0 bridgehead atoms. The minimum atomic E-state index is 1.19. The number of thiophene rings is 1. The fraction of sp³-hybridized carbons (Fsp3) is 0. The largest absolute Gasteiger partial charge is 0.354 e. The molecule has 8 aromatic rings. The lowest BCUT2D eigenvalue weighted by Gasteiger charge is -2.09. The van der Waals surface area contributed by atoms with E-state index in [1.165, 1.54) is 75.0 Å². The number of H-pyrrole nitrogens is 1. The molecule has 8 rings (SSSR count). The van der Waals surface area contributed by atoms with Crippen LogP contribution in [0.3, 0.4) is 0 Å². The molecule has 0 aliphatic rings. The van der Waals surface area contributed by atoms with Crippen LogP contribution in [0, 0.1) is 0 Å². The number of fused-ring (bicyclic) bond motifs is 9. The summed E-state index contributed by atoms with van der Waals surface area (Å²) in [7, 11) is 0. The second-order valence-electron chi connectivity index (χ2n) is 9.43. The summed E-state index contributed by atoms with van der Waals surface area (Å²) in [5.41, 5.74) is 7.39. The highest BCUT2D eigenvalue weighted by molar-refractivity contribution is 7.27. The molecule has 1 N–H and O–H groups in total. The molecule has 0 aliphatic carbocycles. The van der Waals surface area contributed by atoms with Gasteiger partial charge in [-0.15, -0.1) is 11.3 Å². The molecule has 0 fully saturated rings. The predicted molar refractivity (Wildman–Crippen MR) is 157 cm³/mol. The van der Waals surface area contributed by atoms with Crippen molar-refractivity contribution in [2.45, 2.75) is 0 Å². The number of hydrogen-bond donors (Lipinski definition) is 1. The monoisotopic (exact) mass is 475 g/mol. The van der Waals surface area contributed by atoms with Crippen molar-refractivity contribution in [3.05, 3.63) is 121 Å². The second-order valence-corrected chi connectivity index (χ2v) is 10.5. The van der Waals surface area contributed by atoms with Crippen LogP contribution < -0.4 is 0 Å². The third kappa shape index (κ3) is 2.82. The first-order valence-corrected chi connectivity index (χ1v) is 13.1. The molecule has 0 unspecified atom stereocenters. The fourth-order valence-corrected chi connectivity index (χ4v) is 7.04. The standard InChI is InChI=1S/C34H21NS/c1-2-8-21(9-3-1)22-14-16-24(17-15-22)27-20-29-31(26-12-6-7-13-28(26)35-29)34-33(27)32-25-11-5-4-10-23(25)18-19-30(32)36-34/h1-20,35H. The summed E-state index contributed by atoms with van der Waals surface area (Å²) in [6.07, 6.45) is 0. The molecule has 2 heterocycles. The molecule has 0 saturated heterocycles. The average molecular weight is 476 g/mol. The quantitative estimate of drug-likeness (QED) is 0.256. The Morgan fingerprint density at radius 3 is 2.03 bits per heavy atom. The maximum Gasteiger partial charge on any atom is 0.0485 e. The third-order valence-corrected chi connectivity index (χ3v) is 8.58. The van der Waals surface area contributed by atoms with E-state index in [0.717, 1.165) is 0 Å². The molecule has 2 heteroatoms. The zero-order valence-corrected chi connectivity index (χ0v) is 20.3. The number of para-hydroxylation sites is 1. The molecular formula is C34H21NS. The highest BCUT2D eigenvalue weighted by Crippen LogP contribution is 2.48. The Hall–Kier alpha value is -4.40. The van der Waals surface area contributed by atoms with Crippen LogP contribution in [-0.2, 0) is 0 Å². The van der Waals surface area contributed by atoms with Crippen molar-refractivity contribution in [1.29, 1.82) is 0 Å². The van der Waals surface area contributed by atoms with Crippen molar-refractivity contribution in [2.75, 3.05) is 0 Å². The van der Waals surface area contributed by atoms with Crippen molar-refractivity contribution in [2.24, 2.45) is 0 Å². The number of aromatic nitrogens is 1. The van der Waals surface area contributed by atoms with E-state index < -0.39 is 0 Å². The number of aromatic amines is 1. The van der Waals surface area contributed by atoms with E-state index in [9.17, 15) is 0 Å². The van der Waals surface area contributed by atoms with Gasteiger partial charge in [-0.1, -0.05) is 103 Å². The van der Waals surface area contributed by atoms with E-state index in [4.69, 9.17) is 0 Å². The van der Waals surface area contributed by atoms with Crippen LogP contribution in [0.25, 0.3) is 75.0 Å². The summed E-state index contributed by atoms with van der Waals surface area (Å²) in [4.78, 5) is 3.71. The van der Waals surface area contributed by atoms with Gasteiger partial charge in [0, 0.05) is 42.0 Å². The van der Waals surface area contributed by atoms with Crippen LogP contribution >= 0.6 is 11.3 Å². The number of nitrogens with one attached hydrogen (secondary N) is 1. The maximum absolute atomic E-state index is 3.71. The lowest BCUT2D eigenvalue weighted by atomic mass is 9.94. The molecule has 36 heavy (non-hydrogen) atoms. The third-order valence-electron chi connectivity index (χ3n) is 7.40. The van der Waals surface area contributed by atoms with Crippen molar-refractivity contribution >= 4 is 64.1 Å². The van der Waals surface area contributed by atoms with E-state index in [1.54, 1.807) is 0 Å². The fourth-order valence-electron chi connectivity index (χ4n) is 5.73. The van der Waals surface area contributed by atoms with E-state index in [2.05, 4.69) is 126 Å². The Morgan fingerprint density at radius 1 is 0.472 bits per heavy atom. The highest BCUT2D eigenvalue weighted by atomic mass is 32.1. The highest BCUT2D eigenvalue weighted by Gasteiger charge is 2.19. The van der Waals surface area contributed by atoms with Crippen molar-refractivity contribution in [3.63, 3.8) is 0 Å². The van der Waals surface area contributed by atoms with Gasteiger partial charge in [-0.05, 0) is 51.2 Å². The normalized spacial score (nSPS) is 11.9. The number of benzene rings is 6. The predicted octanol–water partition coefficient (Wildman–Crippen LogP) is 10.2. The molecule has 6 aromatic carbocycles. The lowest BCUT2D eigenvalue weighted by molar-refractivity contribution is 1.55. The van der Waals surface area contributed by atoms with Crippen LogP contribution in [0.15, 0.2) is 121 Å². The summed E-state index contributed by atoms with van der Waals surface area (Å²) in [6, 6.07) is 44.0. The average Bonchev–Trinajstić information content (AvgIpc) is 3.52. The van der Waals surface area contributed by atoms with Crippen LogP contribution in [0.5, 0.6) is 0 Å². The van der Waals surface area contributed by atoms with Crippen LogP contribution in [0.2, 0.25) is 0 Å². The second kappa shape index (κ2) is 7.55. The van der Waals surface area contributed by atoms with E-state index >= 15 is 0 Å². The number of rotatable bonds is 2. The summed E-state index contributed by atoms with van der Waals surface area (Å²) in [5, 5.41) is 7.95. The Labute approximate surface area is 212 Å². The van der Waals surface area contributed by atoms with Gasteiger partial charge in [-0.2, -0.15) is 0 Å². The van der Waals surface area contributed by atoms with Crippen molar-refractivity contribution in [1.82, 2.24) is 4.98 Å². The van der Waals surface area contributed by atoms with E-state index in [-0.39, 0.29) is 0 Å². The molecule has 0 spiro atoms. The van der Waals surface area contributed by atoms with Gasteiger partial charge in [0.15, 0.2) is 0 Å². The Morgan fingerprint density at radius 2 is 1.17 bits per heavy atom. The molecule has 0 saturated carbocycles. The van der Waals surface area contributed by atoms with Crippen LogP contribution in [0.1, 0.15) is 0 Å². The topological polar surface area (TPSA) is 15.8 Å². The molecule has 0 radical (unpaired) electrons. The first-order valence-electron chi connectivity index (χ1n) is 12.3. The van der Waals surface area contributed by atoms with Gasteiger partial charge in [0.1, 0.15) is 0 Å². The van der Waals surface area contributed by atoms with Crippen LogP contribution in [-0.4, -0.2) is 4.98 Å². The van der Waals surface area contributed by atoms with Gasteiger partial charge in [0.2, 0.25) is 0 Å². The lowest BCUT2D eigenvalue weighted by Crippen LogP contribution is -1.84. The Kier molecular flexibility index (Phi) is 4.16. The molecule has 168 valence electrons. The maximum atomic E-state index is 3.71.